The van der Waals surface area contributed by atoms with Gasteiger partial charge >= 0.3 is 0 Å². The van der Waals surface area contributed by atoms with Crippen LogP contribution in [0.5, 0.6) is 5.88 Å². The molecule has 90 valence electrons. The molecule has 0 bridgehead atoms. The average Bonchev–Trinajstić information content (AvgIpc) is 2.83. The lowest BCUT2D eigenvalue weighted by Gasteiger charge is -2.11. The molecule has 1 fully saturated rings. The smallest absolute Gasteiger partial charge is 0.251 e. The molecule has 0 radical (unpaired) electrons. The van der Waals surface area contributed by atoms with E-state index in [0.29, 0.717) is 24.0 Å². The van der Waals surface area contributed by atoms with Crippen molar-refractivity contribution in [1.82, 2.24) is 10.2 Å². The van der Waals surface area contributed by atoms with Crippen LogP contribution in [-0.2, 0) is 4.74 Å². The second kappa shape index (κ2) is 5.11. The molecule has 0 aromatic carbocycles. The van der Waals surface area contributed by atoms with Crippen molar-refractivity contribution in [2.45, 2.75) is 20.3 Å². The molecule has 0 saturated carbocycles. The van der Waals surface area contributed by atoms with Gasteiger partial charge in [0.1, 0.15) is 11.6 Å². The molecule has 0 amide bonds. The molecular formula is C12H15N3O2. The standard InChI is InChI=1S/C12H15N3O2/c1-8-9(2)14-15-12(11(8)5-13)17-7-10-3-4-16-6-10/h10H,3-4,6-7H2,1-2H3. The zero-order valence-corrected chi connectivity index (χ0v) is 10.1. The molecule has 2 heterocycles. The van der Waals surface area contributed by atoms with Crippen LogP contribution in [0.2, 0.25) is 0 Å². The van der Waals surface area contributed by atoms with Crippen LogP contribution >= 0.6 is 0 Å². The molecule has 5 nitrogen and oxygen atoms in total. The van der Waals surface area contributed by atoms with Gasteiger partial charge in [-0.1, -0.05) is 0 Å². The van der Waals surface area contributed by atoms with Gasteiger partial charge < -0.3 is 9.47 Å². The first-order valence-electron chi connectivity index (χ1n) is 5.67. The summed E-state index contributed by atoms with van der Waals surface area (Å²) in [6.45, 7) is 5.73. The summed E-state index contributed by atoms with van der Waals surface area (Å²) in [4.78, 5) is 0. The van der Waals surface area contributed by atoms with Gasteiger partial charge in [0.05, 0.1) is 18.9 Å². The SMILES string of the molecule is Cc1nnc(OCC2CCOC2)c(C#N)c1C. The van der Waals surface area contributed by atoms with Crippen molar-refractivity contribution in [2.75, 3.05) is 19.8 Å². The van der Waals surface area contributed by atoms with E-state index in [1.807, 2.05) is 13.8 Å². The van der Waals surface area contributed by atoms with Gasteiger partial charge in [0, 0.05) is 12.5 Å². The number of hydrogen-bond donors (Lipinski definition) is 0. The first-order valence-corrected chi connectivity index (χ1v) is 5.67. The summed E-state index contributed by atoms with van der Waals surface area (Å²) in [5, 5.41) is 17.0. The van der Waals surface area contributed by atoms with Crippen molar-refractivity contribution in [2.24, 2.45) is 5.92 Å². The normalized spacial score (nSPS) is 19.0. The molecule has 0 N–H and O–H groups in total. The quantitative estimate of drug-likeness (QED) is 0.789. The molecule has 1 aromatic rings. The molecule has 0 spiro atoms. The Morgan fingerprint density at radius 2 is 2.29 bits per heavy atom. The number of hydrogen-bond acceptors (Lipinski definition) is 5. The Morgan fingerprint density at radius 3 is 2.94 bits per heavy atom. The zero-order valence-electron chi connectivity index (χ0n) is 10.1. The summed E-state index contributed by atoms with van der Waals surface area (Å²) in [5.41, 5.74) is 2.08. The van der Waals surface area contributed by atoms with E-state index in [1.54, 1.807) is 0 Å². The third-order valence-corrected chi connectivity index (χ3v) is 3.01. The maximum Gasteiger partial charge on any atom is 0.251 e. The van der Waals surface area contributed by atoms with Gasteiger partial charge in [-0.15, -0.1) is 5.10 Å². The van der Waals surface area contributed by atoms with Gasteiger partial charge in [-0.2, -0.15) is 10.4 Å². The lowest BCUT2D eigenvalue weighted by Crippen LogP contribution is -2.14. The lowest BCUT2D eigenvalue weighted by molar-refractivity contribution is 0.165. The molecule has 2 rings (SSSR count). The molecule has 1 saturated heterocycles. The van der Waals surface area contributed by atoms with Gasteiger partial charge in [-0.3, -0.25) is 0 Å². The van der Waals surface area contributed by atoms with E-state index in [0.717, 1.165) is 30.9 Å². The van der Waals surface area contributed by atoms with Gasteiger partial charge in [0.15, 0.2) is 0 Å². The first kappa shape index (κ1) is 11.8. The fourth-order valence-corrected chi connectivity index (χ4v) is 1.73. The zero-order chi connectivity index (χ0) is 12.3. The predicted octanol–water partition coefficient (Wildman–Crippen LogP) is 1.38. The predicted molar refractivity (Wildman–Crippen MR) is 60.6 cm³/mol. The maximum absolute atomic E-state index is 9.09. The minimum atomic E-state index is 0.336. The third-order valence-electron chi connectivity index (χ3n) is 3.01. The summed E-state index contributed by atoms with van der Waals surface area (Å²) in [7, 11) is 0. The van der Waals surface area contributed by atoms with Crippen molar-refractivity contribution in [3.8, 4) is 11.9 Å². The second-order valence-corrected chi connectivity index (χ2v) is 4.24. The molecule has 1 unspecified atom stereocenters. The first-order chi connectivity index (χ1) is 8.22. The van der Waals surface area contributed by atoms with Crippen LogP contribution in [0.3, 0.4) is 0 Å². The summed E-state index contributed by atoms with van der Waals surface area (Å²) in [6, 6.07) is 2.12. The molecule has 1 aliphatic rings. The van der Waals surface area contributed by atoms with E-state index in [2.05, 4.69) is 16.3 Å². The van der Waals surface area contributed by atoms with Gasteiger partial charge in [-0.05, 0) is 25.8 Å². The number of nitrogens with zero attached hydrogens (tertiary/aromatic N) is 3. The van der Waals surface area contributed by atoms with Gasteiger partial charge in [0.2, 0.25) is 0 Å². The highest BCUT2D eigenvalue weighted by molar-refractivity contribution is 5.44. The van der Waals surface area contributed by atoms with E-state index in [4.69, 9.17) is 14.7 Å². The van der Waals surface area contributed by atoms with E-state index in [-0.39, 0.29) is 0 Å². The van der Waals surface area contributed by atoms with Crippen LogP contribution in [0, 0.1) is 31.1 Å². The van der Waals surface area contributed by atoms with Crippen molar-refractivity contribution < 1.29 is 9.47 Å². The van der Waals surface area contributed by atoms with Crippen LogP contribution < -0.4 is 4.74 Å². The van der Waals surface area contributed by atoms with Crippen LogP contribution in [-0.4, -0.2) is 30.0 Å². The minimum Gasteiger partial charge on any atom is -0.475 e. The molecule has 1 aliphatic heterocycles. The highest BCUT2D eigenvalue weighted by atomic mass is 16.5. The van der Waals surface area contributed by atoms with Crippen molar-refractivity contribution in [3.05, 3.63) is 16.8 Å². The molecule has 0 aliphatic carbocycles. The molecular weight excluding hydrogens is 218 g/mol. The van der Waals surface area contributed by atoms with E-state index in [9.17, 15) is 0 Å². The highest BCUT2D eigenvalue weighted by Crippen LogP contribution is 2.21. The van der Waals surface area contributed by atoms with Crippen molar-refractivity contribution in [3.63, 3.8) is 0 Å². The monoisotopic (exact) mass is 233 g/mol. The van der Waals surface area contributed by atoms with Crippen LogP contribution in [0.15, 0.2) is 0 Å². The Hall–Kier alpha value is -1.67. The van der Waals surface area contributed by atoms with E-state index in [1.165, 1.54) is 0 Å². The topological polar surface area (TPSA) is 68.0 Å². The Bertz CT molecular complexity index is 448. The van der Waals surface area contributed by atoms with Crippen molar-refractivity contribution in [1.29, 1.82) is 5.26 Å². The molecule has 1 aromatic heterocycles. The average molecular weight is 233 g/mol. The minimum absolute atomic E-state index is 0.336. The van der Waals surface area contributed by atoms with Crippen LogP contribution in [0.1, 0.15) is 23.2 Å². The summed E-state index contributed by atoms with van der Waals surface area (Å²) in [5.74, 6) is 0.729. The van der Waals surface area contributed by atoms with E-state index < -0.39 is 0 Å². The number of rotatable bonds is 3. The largest absolute Gasteiger partial charge is 0.475 e. The van der Waals surface area contributed by atoms with Crippen LogP contribution in [0.25, 0.3) is 0 Å². The fraction of sp³-hybridized carbons (Fsp3) is 0.583. The summed E-state index contributed by atoms with van der Waals surface area (Å²) < 4.78 is 10.8. The highest BCUT2D eigenvalue weighted by Gasteiger charge is 2.18. The Labute approximate surface area is 100 Å². The number of aryl methyl sites for hydroxylation is 1. The lowest BCUT2D eigenvalue weighted by atomic mass is 10.1. The number of ether oxygens (including phenoxy) is 2. The fourth-order valence-electron chi connectivity index (χ4n) is 1.73. The van der Waals surface area contributed by atoms with Crippen molar-refractivity contribution >= 4 is 0 Å². The Balaban J connectivity index is 2.10. The maximum atomic E-state index is 9.09. The number of aromatic nitrogens is 2. The Kier molecular flexibility index (Phi) is 3.55. The summed E-state index contributed by atoms with van der Waals surface area (Å²) >= 11 is 0. The second-order valence-electron chi connectivity index (χ2n) is 4.24. The van der Waals surface area contributed by atoms with Gasteiger partial charge in [-0.25, -0.2) is 0 Å². The van der Waals surface area contributed by atoms with E-state index >= 15 is 0 Å². The van der Waals surface area contributed by atoms with Crippen LogP contribution in [0.4, 0.5) is 0 Å². The van der Waals surface area contributed by atoms with Gasteiger partial charge in [0.25, 0.3) is 5.88 Å². The molecule has 5 heteroatoms. The third kappa shape index (κ3) is 2.53. The number of nitriles is 1. The Morgan fingerprint density at radius 1 is 1.47 bits per heavy atom. The molecule has 1 atom stereocenters. The summed E-state index contributed by atoms with van der Waals surface area (Å²) in [6.07, 6.45) is 1.00. The molecule has 17 heavy (non-hydrogen) atoms.